The van der Waals surface area contributed by atoms with Crippen molar-refractivity contribution in [1.82, 2.24) is 15.3 Å². The van der Waals surface area contributed by atoms with Gasteiger partial charge in [-0.3, -0.25) is 4.79 Å². The summed E-state index contributed by atoms with van der Waals surface area (Å²) in [6.45, 7) is 0.656. The molecule has 0 saturated heterocycles. The van der Waals surface area contributed by atoms with E-state index in [0.29, 0.717) is 13.0 Å². The Morgan fingerprint density at radius 1 is 1.29 bits per heavy atom. The Balaban J connectivity index is 1.39. The zero-order valence-electron chi connectivity index (χ0n) is 12.4. The van der Waals surface area contributed by atoms with Crippen molar-refractivity contribution in [2.24, 2.45) is 5.92 Å². The van der Waals surface area contributed by atoms with Gasteiger partial charge in [-0.1, -0.05) is 37.8 Å². The number of para-hydroxylation sites is 2. The maximum Gasteiger partial charge on any atom is 0.220 e. The Labute approximate surface area is 125 Å². The molecule has 4 heteroatoms. The minimum atomic E-state index is 0.179. The second-order valence-corrected chi connectivity index (χ2v) is 5.99. The summed E-state index contributed by atoms with van der Waals surface area (Å²) in [5.41, 5.74) is 2.04. The average Bonchev–Trinajstić information content (AvgIpc) is 3.14. The van der Waals surface area contributed by atoms with Crippen LogP contribution in [0.25, 0.3) is 11.0 Å². The fourth-order valence-corrected chi connectivity index (χ4v) is 3.17. The van der Waals surface area contributed by atoms with Gasteiger partial charge in [0, 0.05) is 19.4 Å². The van der Waals surface area contributed by atoms with Crippen LogP contribution in [0.3, 0.4) is 0 Å². The smallest absolute Gasteiger partial charge is 0.220 e. The van der Waals surface area contributed by atoms with Crippen molar-refractivity contribution in [3.63, 3.8) is 0 Å². The van der Waals surface area contributed by atoms with Gasteiger partial charge in [0.05, 0.1) is 11.0 Å². The van der Waals surface area contributed by atoms with Gasteiger partial charge in [0.25, 0.3) is 0 Å². The number of benzene rings is 1. The fourth-order valence-electron chi connectivity index (χ4n) is 3.17. The van der Waals surface area contributed by atoms with Gasteiger partial charge in [0.15, 0.2) is 0 Å². The summed E-state index contributed by atoms with van der Waals surface area (Å²) in [4.78, 5) is 19.6. The van der Waals surface area contributed by atoms with Gasteiger partial charge < -0.3 is 10.3 Å². The van der Waals surface area contributed by atoms with E-state index in [1.54, 1.807) is 0 Å². The molecule has 1 aliphatic rings. The van der Waals surface area contributed by atoms with E-state index in [2.05, 4.69) is 15.3 Å². The number of hydrogen-bond donors (Lipinski definition) is 2. The normalized spacial score (nSPS) is 15.6. The highest BCUT2D eigenvalue weighted by Crippen LogP contribution is 2.28. The molecule has 1 aromatic carbocycles. The zero-order valence-corrected chi connectivity index (χ0v) is 12.4. The van der Waals surface area contributed by atoms with Crippen LogP contribution >= 0.6 is 0 Å². The Morgan fingerprint density at radius 3 is 2.90 bits per heavy atom. The lowest BCUT2D eigenvalue weighted by molar-refractivity contribution is -0.121. The topological polar surface area (TPSA) is 57.8 Å². The van der Waals surface area contributed by atoms with E-state index in [1.807, 2.05) is 24.3 Å². The number of aromatic nitrogens is 2. The number of hydrogen-bond acceptors (Lipinski definition) is 2. The standard InChI is InChI=1S/C17H23N3O/c21-17(10-9-13-5-1-2-6-13)18-12-11-16-19-14-7-3-4-8-15(14)20-16/h3-4,7-8,13H,1-2,5-6,9-12H2,(H,18,21)(H,19,20). The Bertz CT molecular complexity index is 566. The van der Waals surface area contributed by atoms with Crippen LogP contribution in [0.5, 0.6) is 0 Å². The number of fused-ring (bicyclic) bond motifs is 1. The summed E-state index contributed by atoms with van der Waals surface area (Å²) in [5.74, 6) is 1.90. The van der Waals surface area contributed by atoms with Gasteiger partial charge >= 0.3 is 0 Å². The summed E-state index contributed by atoms with van der Waals surface area (Å²) >= 11 is 0. The average molecular weight is 285 g/mol. The first-order valence-electron chi connectivity index (χ1n) is 8.01. The third kappa shape index (κ3) is 3.84. The van der Waals surface area contributed by atoms with Crippen molar-refractivity contribution in [3.05, 3.63) is 30.1 Å². The molecule has 2 N–H and O–H groups in total. The van der Waals surface area contributed by atoms with Crippen LogP contribution in [0.1, 0.15) is 44.3 Å². The van der Waals surface area contributed by atoms with Crippen LogP contribution in [0.2, 0.25) is 0 Å². The van der Waals surface area contributed by atoms with Gasteiger partial charge in [0.2, 0.25) is 5.91 Å². The molecule has 112 valence electrons. The maximum absolute atomic E-state index is 11.8. The van der Waals surface area contributed by atoms with Gasteiger partial charge in [-0.15, -0.1) is 0 Å². The third-order valence-electron chi connectivity index (χ3n) is 4.38. The lowest BCUT2D eigenvalue weighted by Gasteiger charge is -2.08. The molecule has 1 fully saturated rings. The van der Waals surface area contributed by atoms with Crippen LogP contribution in [-0.4, -0.2) is 22.4 Å². The van der Waals surface area contributed by atoms with Crippen LogP contribution in [-0.2, 0) is 11.2 Å². The molecule has 0 atom stereocenters. The van der Waals surface area contributed by atoms with Crippen molar-refractivity contribution >= 4 is 16.9 Å². The van der Waals surface area contributed by atoms with E-state index in [9.17, 15) is 4.79 Å². The summed E-state index contributed by atoms with van der Waals surface area (Å²) < 4.78 is 0. The molecule has 3 rings (SSSR count). The molecule has 1 amide bonds. The highest BCUT2D eigenvalue weighted by Gasteiger charge is 2.15. The number of carbonyl (C=O) groups excluding carboxylic acids is 1. The summed E-state index contributed by atoms with van der Waals surface area (Å²) in [7, 11) is 0. The molecule has 1 aliphatic carbocycles. The van der Waals surface area contributed by atoms with Crippen molar-refractivity contribution in [2.45, 2.75) is 44.9 Å². The lowest BCUT2D eigenvalue weighted by Crippen LogP contribution is -2.26. The van der Waals surface area contributed by atoms with Gasteiger partial charge in [0.1, 0.15) is 5.82 Å². The molecule has 0 unspecified atom stereocenters. The molecule has 0 aliphatic heterocycles. The minimum Gasteiger partial charge on any atom is -0.356 e. The summed E-state index contributed by atoms with van der Waals surface area (Å²) in [6, 6.07) is 7.99. The highest BCUT2D eigenvalue weighted by molar-refractivity contribution is 5.76. The Kier molecular flexibility index (Phi) is 4.53. The van der Waals surface area contributed by atoms with Crippen molar-refractivity contribution in [2.75, 3.05) is 6.54 Å². The molecular formula is C17H23N3O. The Morgan fingerprint density at radius 2 is 2.10 bits per heavy atom. The van der Waals surface area contributed by atoms with E-state index >= 15 is 0 Å². The van der Waals surface area contributed by atoms with Gasteiger partial charge in [-0.05, 0) is 24.5 Å². The fraction of sp³-hybridized carbons (Fsp3) is 0.529. The highest BCUT2D eigenvalue weighted by atomic mass is 16.1. The quantitative estimate of drug-likeness (QED) is 0.856. The molecule has 0 radical (unpaired) electrons. The molecule has 0 spiro atoms. The number of imidazole rings is 1. The molecule has 21 heavy (non-hydrogen) atoms. The first-order valence-corrected chi connectivity index (χ1v) is 8.01. The molecule has 1 heterocycles. The molecule has 0 bridgehead atoms. The predicted octanol–water partition coefficient (Wildman–Crippen LogP) is 3.19. The predicted molar refractivity (Wildman–Crippen MR) is 84.0 cm³/mol. The number of nitrogens with one attached hydrogen (secondary N) is 2. The van der Waals surface area contributed by atoms with Crippen molar-refractivity contribution in [3.8, 4) is 0 Å². The maximum atomic E-state index is 11.8. The molecule has 2 aromatic rings. The molecular weight excluding hydrogens is 262 g/mol. The van der Waals surface area contributed by atoms with E-state index in [-0.39, 0.29) is 5.91 Å². The first kappa shape index (κ1) is 14.1. The number of aromatic amines is 1. The minimum absolute atomic E-state index is 0.179. The van der Waals surface area contributed by atoms with Crippen molar-refractivity contribution in [1.29, 1.82) is 0 Å². The summed E-state index contributed by atoms with van der Waals surface area (Å²) in [6.07, 6.45) is 7.79. The van der Waals surface area contributed by atoms with Crippen LogP contribution in [0.4, 0.5) is 0 Å². The van der Waals surface area contributed by atoms with E-state index in [0.717, 1.165) is 35.6 Å². The lowest BCUT2D eigenvalue weighted by atomic mass is 10.0. The van der Waals surface area contributed by atoms with Gasteiger partial charge in [-0.25, -0.2) is 4.98 Å². The van der Waals surface area contributed by atoms with E-state index < -0.39 is 0 Å². The number of rotatable bonds is 6. The second-order valence-electron chi connectivity index (χ2n) is 5.99. The van der Waals surface area contributed by atoms with Gasteiger partial charge in [-0.2, -0.15) is 0 Å². The van der Waals surface area contributed by atoms with E-state index in [1.165, 1.54) is 25.7 Å². The Hall–Kier alpha value is -1.84. The van der Waals surface area contributed by atoms with Crippen LogP contribution in [0.15, 0.2) is 24.3 Å². The largest absolute Gasteiger partial charge is 0.356 e. The van der Waals surface area contributed by atoms with Crippen LogP contribution in [0, 0.1) is 5.92 Å². The molecule has 1 aromatic heterocycles. The second kappa shape index (κ2) is 6.74. The first-order chi connectivity index (χ1) is 10.3. The number of H-pyrrole nitrogens is 1. The molecule has 1 saturated carbocycles. The number of amides is 1. The molecule has 4 nitrogen and oxygen atoms in total. The third-order valence-corrected chi connectivity index (χ3v) is 4.38. The number of nitrogens with zero attached hydrogens (tertiary/aromatic N) is 1. The van der Waals surface area contributed by atoms with E-state index in [4.69, 9.17) is 0 Å². The van der Waals surface area contributed by atoms with Crippen LogP contribution < -0.4 is 5.32 Å². The zero-order chi connectivity index (χ0) is 14.5. The monoisotopic (exact) mass is 285 g/mol. The number of carbonyl (C=O) groups is 1. The SMILES string of the molecule is O=C(CCC1CCCC1)NCCc1nc2ccccc2[nH]1. The van der Waals surface area contributed by atoms with Crippen molar-refractivity contribution < 1.29 is 4.79 Å². The summed E-state index contributed by atoms with van der Waals surface area (Å²) in [5, 5.41) is 3.00.